The van der Waals surface area contributed by atoms with Crippen molar-refractivity contribution in [2.24, 2.45) is 0 Å². The fourth-order valence-corrected chi connectivity index (χ4v) is 2.45. The molecule has 1 N–H and O–H groups in total. The number of nitrogens with zero attached hydrogens (tertiary/aromatic N) is 1. The SMILES string of the molecule is CN(C)CCSc1ccc(CO)c(C(F)(F)F)c1. The third kappa shape index (κ3) is 4.51. The minimum atomic E-state index is -4.42. The third-order valence-corrected chi connectivity index (χ3v) is 3.34. The number of rotatable bonds is 5. The molecule has 1 aromatic carbocycles. The number of alkyl halides is 3. The zero-order valence-corrected chi connectivity index (χ0v) is 11.1. The predicted octanol–water partition coefficient (Wildman–Crippen LogP) is 2.85. The standard InChI is InChI=1S/C12H16F3NOS/c1-16(2)5-6-18-10-4-3-9(8-17)11(7-10)12(13,14)15/h3-4,7,17H,5-6,8H2,1-2H3. The second-order valence-electron chi connectivity index (χ2n) is 4.13. The summed E-state index contributed by atoms with van der Waals surface area (Å²) in [5, 5.41) is 8.91. The Morgan fingerprint density at radius 1 is 1.28 bits per heavy atom. The lowest BCUT2D eigenvalue weighted by molar-refractivity contribution is -0.138. The van der Waals surface area contributed by atoms with Crippen LogP contribution in [0.5, 0.6) is 0 Å². The van der Waals surface area contributed by atoms with Gasteiger partial charge in [0.15, 0.2) is 0 Å². The Kier molecular flexibility index (Phi) is 5.49. The lowest BCUT2D eigenvalue weighted by Crippen LogP contribution is -2.14. The summed E-state index contributed by atoms with van der Waals surface area (Å²) in [6.45, 7) is 0.200. The van der Waals surface area contributed by atoms with E-state index >= 15 is 0 Å². The molecule has 0 radical (unpaired) electrons. The lowest BCUT2D eigenvalue weighted by Gasteiger charge is -2.13. The van der Waals surface area contributed by atoms with Gasteiger partial charge < -0.3 is 10.0 Å². The largest absolute Gasteiger partial charge is 0.416 e. The summed E-state index contributed by atoms with van der Waals surface area (Å²) in [6, 6.07) is 4.05. The van der Waals surface area contributed by atoms with Gasteiger partial charge in [-0.25, -0.2) is 0 Å². The van der Waals surface area contributed by atoms with Gasteiger partial charge in [-0.3, -0.25) is 0 Å². The van der Waals surface area contributed by atoms with E-state index in [0.717, 1.165) is 18.4 Å². The third-order valence-electron chi connectivity index (χ3n) is 2.36. The molecule has 1 rings (SSSR count). The van der Waals surface area contributed by atoms with Crippen LogP contribution in [-0.2, 0) is 12.8 Å². The van der Waals surface area contributed by atoms with E-state index in [1.54, 1.807) is 6.07 Å². The molecule has 0 aliphatic carbocycles. The van der Waals surface area contributed by atoms with E-state index in [1.807, 2.05) is 19.0 Å². The number of hydrogen-bond acceptors (Lipinski definition) is 3. The van der Waals surface area contributed by atoms with Crippen LogP contribution in [-0.4, -0.2) is 36.4 Å². The van der Waals surface area contributed by atoms with Crippen LogP contribution in [0, 0.1) is 0 Å². The summed E-state index contributed by atoms with van der Waals surface area (Å²) in [7, 11) is 3.83. The van der Waals surface area contributed by atoms with E-state index in [4.69, 9.17) is 5.11 Å². The topological polar surface area (TPSA) is 23.5 Å². The van der Waals surface area contributed by atoms with E-state index < -0.39 is 18.3 Å². The molecule has 2 nitrogen and oxygen atoms in total. The highest BCUT2D eigenvalue weighted by Crippen LogP contribution is 2.34. The quantitative estimate of drug-likeness (QED) is 0.838. The van der Waals surface area contributed by atoms with Crippen molar-refractivity contribution in [3.63, 3.8) is 0 Å². The molecule has 0 saturated carbocycles. The molecule has 1 aromatic rings. The van der Waals surface area contributed by atoms with Crippen molar-refractivity contribution in [2.75, 3.05) is 26.4 Å². The van der Waals surface area contributed by atoms with Gasteiger partial charge in [-0.15, -0.1) is 11.8 Å². The minimum absolute atomic E-state index is 0.0838. The molecule has 0 unspecified atom stereocenters. The van der Waals surface area contributed by atoms with Crippen LogP contribution in [0.25, 0.3) is 0 Å². The molecule has 6 heteroatoms. The van der Waals surface area contributed by atoms with Crippen LogP contribution in [0.15, 0.2) is 23.1 Å². The Morgan fingerprint density at radius 2 is 1.94 bits per heavy atom. The zero-order valence-electron chi connectivity index (χ0n) is 10.3. The summed E-state index contributed by atoms with van der Waals surface area (Å²) in [5.74, 6) is 0.725. The number of hydrogen-bond donors (Lipinski definition) is 1. The molecule has 0 aliphatic heterocycles. The molecule has 102 valence electrons. The Hall–Kier alpha value is -0.720. The summed E-state index contributed by atoms with van der Waals surface area (Å²) < 4.78 is 38.2. The molecular weight excluding hydrogens is 263 g/mol. The van der Waals surface area contributed by atoms with Crippen molar-refractivity contribution < 1.29 is 18.3 Å². The van der Waals surface area contributed by atoms with Crippen molar-refractivity contribution in [1.82, 2.24) is 4.90 Å². The van der Waals surface area contributed by atoms with Crippen molar-refractivity contribution in [3.8, 4) is 0 Å². The van der Waals surface area contributed by atoms with Gasteiger partial charge in [0.2, 0.25) is 0 Å². The van der Waals surface area contributed by atoms with Crippen LogP contribution in [0.1, 0.15) is 11.1 Å². The normalized spacial score (nSPS) is 12.2. The number of halogens is 3. The summed E-state index contributed by atoms with van der Waals surface area (Å²) >= 11 is 1.37. The second-order valence-corrected chi connectivity index (χ2v) is 5.29. The first-order chi connectivity index (χ1) is 8.34. The number of benzene rings is 1. The molecule has 18 heavy (non-hydrogen) atoms. The first-order valence-electron chi connectivity index (χ1n) is 5.43. The van der Waals surface area contributed by atoms with Gasteiger partial charge in [0, 0.05) is 17.2 Å². The fraction of sp³-hybridized carbons (Fsp3) is 0.500. The Balaban J connectivity index is 2.83. The van der Waals surface area contributed by atoms with E-state index in [9.17, 15) is 13.2 Å². The number of aliphatic hydroxyl groups excluding tert-OH is 1. The van der Waals surface area contributed by atoms with E-state index in [0.29, 0.717) is 4.90 Å². The van der Waals surface area contributed by atoms with Gasteiger partial charge in [0.1, 0.15) is 0 Å². The van der Waals surface area contributed by atoms with E-state index in [2.05, 4.69) is 0 Å². The number of aliphatic hydroxyl groups is 1. The molecule has 0 aromatic heterocycles. The molecule has 0 fully saturated rings. The highest BCUT2D eigenvalue weighted by molar-refractivity contribution is 7.99. The lowest BCUT2D eigenvalue weighted by atomic mass is 10.1. The molecule has 0 aliphatic rings. The Bertz CT molecular complexity index is 393. The van der Waals surface area contributed by atoms with Crippen molar-refractivity contribution in [1.29, 1.82) is 0 Å². The zero-order chi connectivity index (χ0) is 13.8. The average molecular weight is 279 g/mol. The van der Waals surface area contributed by atoms with Crippen LogP contribution in [0.3, 0.4) is 0 Å². The van der Waals surface area contributed by atoms with Gasteiger partial charge >= 0.3 is 6.18 Å². The first-order valence-corrected chi connectivity index (χ1v) is 6.41. The van der Waals surface area contributed by atoms with Gasteiger partial charge in [-0.05, 0) is 31.8 Å². The first kappa shape index (κ1) is 15.3. The highest BCUT2D eigenvalue weighted by Gasteiger charge is 2.33. The van der Waals surface area contributed by atoms with Gasteiger partial charge in [0.25, 0.3) is 0 Å². The van der Waals surface area contributed by atoms with Crippen LogP contribution >= 0.6 is 11.8 Å². The minimum Gasteiger partial charge on any atom is -0.392 e. The van der Waals surface area contributed by atoms with Crippen molar-refractivity contribution in [2.45, 2.75) is 17.7 Å². The van der Waals surface area contributed by atoms with Gasteiger partial charge in [0.05, 0.1) is 12.2 Å². The highest BCUT2D eigenvalue weighted by atomic mass is 32.2. The van der Waals surface area contributed by atoms with Crippen LogP contribution in [0.4, 0.5) is 13.2 Å². The molecule has 0 amide bonds. The summed E-state index contributed by atoms with van der Waals surface area (Å²) in [6.07, 6.45) is -4.42. The number of thioether (sulfide) groups is 1. The molecule has 0 atom stereocenters. The van der Waals surface area contributed by atoms with Gasteiger partial charge in [-0.2, -0.15) is 13.2 Å². The van der Waals surface area contributed by atoms with Crippen molar-refractivity contribution in [3.05, 3.63) is 29.3 Å². The summed E-state index contributed by atoms with van der Waals surface area (Å²) in [4.78, 5) is 2.54. The van der Waals surface area contributed by atoms with E-state index in [1.165, 1.54) is 17.8 Å². The molecule has 0 saturated heterocycles. The maximum Gasteiger partial charge on any atom is 0.416 e. The predicted molar refractivity (Wildman–Crippen MR) is 66.6 cm³/mol. The Labute approximate surface area is 109 Å². The fourth-order valence-electron chi connectivity index (χ4n) is 1.39. The maximum absolute atomic E-state index is 12.7. The molecular formula is C12H16F3NOS. The maximum atomic E-state index is 12.7. The van der Waals surface area contributed by atoms with Crippen molar-refractivity contribution >= 4 is 11.8 Å². The summed E-state index contributed by atoms with van der Waals surface area (Å²) in [5.41, 5.74) is -0.834. The van der Waals surface area contributed by atoms with E-state index in [-0.39, 0.29) is 5.56 Å². The Morgan fingerprint density at radius 3 is 2.44 bits per heavy atom. The second kappa shape index (κ2) is 6.45. The van der Waals surface area contributed by atoms with Crippen LogP contribution in [0.2, 0.25) is 0 Å². The van der Waals surface area contributed by atoms with Gasteiger partial charge in [-0.1, -0.05) is 6.07 Å². The average Bonchev–Trinajstić information content (AvgIpc) is 2.27. The molecule has 0 bridgehead atoms. The molecule has 0 spiro atoms. The van der Waals surface area contributed by atoms with Crippen LogP contribution < -0.4 is 0 Å². The molecule has 0 heterocycles. The smallest absolute Gasteiger partial charge is 0.392 e. The monoisotopic (exact) mass is 279 g/mol.